The Morgan fingerprint density at radius 3 is 2.43 bits per heavy atom. The van der Waals surface area contributed by atoms with E-state index in [-0.39, 0.29) is 18.0 Å². The number of carbonyl (C=O) groups excluding carboxylic acids is 2. The second-order valence-electron chi connectivity index (χ2n) is 7.48. The maximum atomic E-state index is 12.8. The fraction of sp³-hybridized carbons (Fsp3) is 0.364. The molecule has 0 aliphatic carbocycles. The van der Waals surface area contributed by atoms with Crippen LogP contribution in [0.2, 0.25) is 0 Å². The number of urea groups is 1. The number of fused-ring (bicyclic) bond motifs is 1. The monoisotopic (exact) mass is 379 g/mol. The highest BCUT2D eigenvalue weighted by atomic mass is 16.5. The average Bonchev–Trinajstić information content (AvgIpc) is 3.03. The molecule has 2 aliphatic heterocycles. The van der Waals surface area contributed by atoms with Gasteiger partial charge >= 0.3 is 6.03 Å². The van der Waals surface area contributed by atoms with Crippen molar-refractivity contribution in [2.24, 2.45) is 0 Å². The van der Waals surface area contributed by atoms with Crippen LogP contribution < -0.4 is 4.74 Å². The van der Waals surface area contributed by atoms with Gasteiger partial charge in [0.1, 0.15) is 5.75 Å². The van der Waals surface area contributed by atoms with E-state index in [1.807, 2.05) is 70.2 Å². The summed E-state index contributed by atoms with van der Waals surface area (Å²) in [6, 6.07) is 15.6. The molecular weight excluding hydrogens is 354 g/mol. The molecule has 2 aromatic rings. The van der Waals surface area contributed by atoms with Gasteiger partial charge in [0.05, 0.1) is 13.2 Å². The van der Waals surface area contributed by atoms with E-state index in [4.69, 9.17) is 4.74 Å². The quantitative estimate of drug-likeness (QED) is 0.821. The van der Waals surface area contributed by atoms with Crippen LogP contribution >= 0.6 is 0 Å². The van der Waals surface area contributed by atoms with Crippen molar-refractivity contribution in [3.05, 3.63) is 65.2 Å². The van der Waals surface area contributed by atoms with Gasteiger partial charge in [-0.25, -0.2) is 4.79 Å². The molecule has 0 spiro atoms. The lowest BCUT2D eigenvalue weighted by molar-refractivity contribution is 0.0617. The Balaban J connectivity index is 1.41. The van der Waals surface area contributed by atoms with E-state index in [0.29, 0.717) is 38.3 Å². The summed E-state index contributed by atoms with van der Waals surface area (Å²) in [6.07, 6.45) is 0. The lowest BCUT2D eigenvalue weighted by Crippen LogP contribution is -2.53. The summed E-state index contributed by atoms with van der Waals surface area (Å²) in [6.45, 7) is 4.96. The van der Waals surface area contributed by atoms with Crippen LogP contribution in [0.5, 0.6) is 5.75 Å². The van der Waals surface area contributed by atoms with E-state index in [1.54, 1.807) is 7.11 Å². The van der Waals surface area contributed by atoms with Crippen molar-refractivity contribution >= 4 is 11.9 Å². The van der Waals surface area contributed by atoms with E-state index < -0.39 is 0 Å². The van der Waals surface area contributed by atoms with Gasteiger partial charge in [-0.05, 0) is 36.8 Å². The molecule has 2 aliphatic rings. The minimum absolute atomic E-state index is 0.0423. The smallest absolute Gasteiger partial charge is 0.320 e. The molecular formula is C22H25N3O3. The normalized spacial score (nSPS) is 19.0. The van der Waals surface area contributed by atoms with E-state index in [9.17, 15) is 9.59 Å². The van der Waals surface area contributed by atoms with Crippen LogP contribution in [0, 0.1) is 6.92 Å². The first-order chi connectivity index (χ1) is 13.5. The highest BCUT2D eigenvalue weighted by molar-refractivity contribution is 5.94. The first-order valence-electron chi connectivity index (χ1n) is 9.59. The van der Waals surface area contributed by atoms with Gasteiger partial charge in [0.25, 0.3) is 5.91 Å². The number of methoxy groups -OCH3 is 1. The average molecular weight is 379 g/mol. The fourth-order valence-corrected chi connectivity index (χ4v) is 3.92. The minimum atomic E-state index is 0.0423. The maximum Gasteiger partial charge on any atom is 0.320 e. The summed E-state index contributed by atoms with van der Waals surface area (Å²) >= 11 is 0. The third-order valence-electron chi connectivity index (χ3n) is 5.55. The van der Waals surface area contributed by atoms with Crippen LogP contribution in [0.15, 0.2) is 48.5 Å². The molecule has 2 saturated heterocycles. The topological polar surface area (TPSA) is 53.1 Å². The van der Waals surface area contributed by atoms with Gasteiger partial charge in [-0.15, -0.1) is 0 Å². The summed E-state index contributed by atoms with van der Waals surface area (Å²) in [5.74, 6) is 0.847. The molecule has 3 amide bonds. The van der Waals surface area contributed by atoms with E-state index in [2.05, 4.69) is 0 Å². The van der Waals surface area contributed by atoms with Crippen LogP contribution in [-0.2, 0) is 6.54 Å². The summed E-state index contributed by atoms with van der Waals surface area (Å²) < 4.78 is 5.19. The number of nitrogens with zero attached hydrogens (tertiary/aromatic N) is 3. The molecule has 0 aromatic heterocycles. The van der Waals surface area contributed by atoms with E-state index in [0.717, 1.165) is 16.9 Å². The van der Waals surface area contributed by atoms with Gasteiger partial charge in [0, 0.05) is 38.3 Å². The number of benzene rings is 2. The predicted octanol–water partition coefficient (Wildman–Crippen LogP) is 2.77. The van der Waals surface area contributed by atoms with Gasteiger partial charge in [0.15, 0.2) is 0 Å². The summed E-state index contributed by atoms with van der Waals surface area (Å²) in [5, 5.41) is 0. The Bertz CT molecular complexity index is 864. The summed E-state index contributed by atoms with van der Waals surface area (Å²) in [5.41, 5.74) is 2.91. The zero-order valence-electron chi connectivity index (χ0n) is 16.3. The SMILES string of the molecule is COc1ccc(CN2C[C@H]3CN(C(=O)c4ccc(C)cc4)CCN3C2=O)cc1. The number of aryl methyl sites for hydroxylation is 1. The van der Waals surface area contributed by atoms with Crippen molar-refractivity contribution in [2.75, 3.05) is 33.3 Å². The zero-order valence-corrected chi connectivity index (χ0v) is 16.3. The van der Waals surface area contributed by atoms with Crippen LogP contribution in [0.1, 0.15) is 21.5 Å². The van der Waals surface area contributed by atoms with Crippen molar-refractivity contribution < 1.29 is 14.3 Å². The lowest BCUT2D eigenvalue weighted by atomic mass is 10.1. The predicted molar refractivity (Wildman–Crippen MR) is 106 cm³/mol. The molecule has 1 atom stereocenters. The number of carbonyl (C=O) groups is 2. The standard InChI is InChI=1S/C22H25N3O3/c1-16-3-7-18(8-4-16)21(26)23-11-12-25-19(14-23)15-24(22(25)27)13-17-5-9-20(28-2)10-6-17/h3-10,19H,11-15H2,1-2H3/t19-/m1/s1. The van der Waals surface area contributed by atoms with Crippen molar-refractivity contribution in [2.45, 2.75) is 19.5 Å². The van der Waals surface area contributed by atoms with Crippen LogP contribution in [0.3, 0.4) is 0 Å². The van der Waals surface area contributed by atoms with Gasteiger partial charge in [-0.1, -0.05) is 29.8 Å². The zero-order chi connectivity index (χ0) is 19.7. The molecule has 4 rings (SSSR count). The Morgan fingerprint density at radius 2 is 1.75 bits per heavy atom. The molecule has 2 heterocycles. The van der Waals surface area contributed by atoms with Crippen LogP contribution in [0.25, 0.3) is 0 Å². The largest absolute Gasteiger partial charge is 0.497 e. The van der Waals surface area contributed by atoms with Gasteiger partial charge in [-0.2, -0.15) is 0 Å². The molecule has 0 bridgehead atoms. The molecule has 6 heteroatoms. The first kappa shape index (κ1) is 18.3. The molecule has 6 nitrogen and oxygen atoms in total. The van der Waals surface area contributed by atoms with E-state index >= 15 is 0 Å². The number of ether oxygens (including phenoxy) is 1. The van der Waals surface area contributed by atoms with Gasteiger partial charge < -0.3 is 19.4 Å². The van der Waals surface area contributed by atoms with Crippen molar-refractivity contribution in [3.8, 4) is 5.75 Å². The molecule has 0 N–H and O–H groups in total. The van der Waals surface area contributed by atoms with Crippen molar-refractivity contribution in [1.82, 2.24) is 14.7 Å². The molecule has 28 heavy (non-hydrogen) atoms. The summed E-state index contributed by atoms with van der Waals surface area (Å²) in [4.78, 5) is 31.2. The Morgan fingerprint density at radius 1 is 1.04 bits per heavy atom. The second-order valence-corrected chi connectivity index (χ2v) is 7.48. The van der Waals surface area contributed by atoms with Crippen molar-refractivity contribution in [1.29, 1.82) is 0 Å². The lowest BCUT2D eigenvalue weighted by Gasteiger charge is -2.36. The third-order valence-corrected chi connectivity index (χ3v) is 5.55. The Hall–Kier alpha value is -3.02. The highest BCUT2D eigenvalue weighted by Crippen LogP contribution is 2.24. The van der Waals surface area contributed by atoms with Gasteiger partial charge in [0.2, 0.25) is 0 Å². The maximum absolute atomic E-state index is 12.8. The first-order valence-corrected chi connectivity index (χ1v) is 9.59. The minimum Gasteiger partial charge on any atom is -0.497 e. The summed E-state index contributed by atoms with van der Waals surface area (Å²) in [7, 11) is 1.64. The molecule has 2 aromatic carbocycles. The number of piperazine rings is 1. The molecule has 0 unspecified atom stereocenters. The van der Waals surface area contributed by atoms with E-state index in [1.165, 1.54) is 0 Å². The highest BCUT2D eigenvalue weighted by Gasteiger charge is 2.41. The fourth-order valence-electron chi connectivity index (χ4n) is 3.92. The number of rotatable bonds is 4. The molecule has 2 fully saturated rings. The third kappa shape index (κ3) is 3.54. The van der Waals surface area contributed by atoms with Crippen LogP contribution in [0.4, 0.5) is 4.79 Å². The van der Waals surface area contributed by atoms with Crippen LogP contribution in [-0.4, -0.2) is 66.0 Å². The molecule has 0 saturated carbocycles. The number of hydrogen-bond acceptors (Lipinski definition) is 3. The van der Waals surface area contributed by atoms with Gasteiger partial charge in [-0.3, -0.25) is 4.79 Å². The van der Waals surface area contributed by atoms with Crippen molar-refractivity contribution in [3.63, 3.8) is 0 Å². The number of amides is 3. The molecule has 146 valence electrons. The second kappa shape index (κ2) is 7.54. The Kier molecular flexibility index (Phi) is 4.94. The molecule has 0 radical (unpaired) electrons. The Labute approximate surface area is 165 Å². The number of hydrogen-bond donors (Lipinski definition) is 0.